The molecule has 1 aromatic carbocycles. The fourth-order valence-corrected chi connectivity index (χ4v) is 4.03. The fraction of sp³-hybridized carbons (Fsp3) is 0.333. The maximum atomic E-state index is 11.8. The highest BCUT2D eigenvalue weighted by Crippen LogP contribution is 2.32. The number of benzene rings is 1. The minimum atomic E-state index is -0.188. The summed E-state index contributed by atoms with van der Waals surface area (Å²) in [5.74, 6) is -0.359. The Balaban J connectivity index is 2.14. The van der Waals surface area contributed by atoms with Gasteiger partial charge in [0.25, 0.3) is 0 Å². The quantitative estimate of drug-likeness (QED) is 0.704. The van der Waals surface area contributed by atoms with E-state index in [2.05, 4.69) is 22.2 Å². The van der Waals surface area contributed by atoms with Crippen molar-refractivity contribution in [2.24, 2.45) is 10.1 Å². The van der Waals surface area contributed by atoms with Crippen molar-refractivity contribution in [2.75, 3.05) is 17.2 Å². The summed E-state index contributed by atoms with van der Waals surface area (Å²) < 4.78 is 1.85. The number of carbonyl (C=O) groups is 2. The smallest absolute Gasteiger partial charge is 0.221 e. The van der Waals surface area contributed by atoms with E-state index in [4.69, 9.17) is 5.10 Å². The number of nitrogens with zero attached hydrogens (tertiary/aromatic N) is 3. The first-order chi connectivity index (χ1) is 14.0. The number of thiazole rings is 1. The first-order valence-electron chi connectivity index (χ1n) is 9.56. The predicted molar refractivity (Wildman–Crippen MR) is 118 cm³/mol. The number of nitrogens with one attached hydrogen (secondary N) is 2. The lowest BCUT2D eigenvalue weighted by molar-refractivity contribution is -0.115. The largest absolute Gasteiger partial charge is 0.326 e. The molecule has 0 saturated heterocycles. The van der Waals surface area contributed by atoms with E-state index >= 15 is 0 Å². The lowest BCUT2D eigenvalue weighted by Gasteiger charge is -2.13. The zero-order valence-electron chi connectivity index (χ0n) is 16.7. The molecule has 1 aliphatic rings. The second kappa shape index (κ2) is 9.47. The van der Waals surface area contributed by atoms with Crippen LogP contribution in [0, 0.1) is 0 Å². The molecular formula is C21H25N5O2S. The average Bonchev–Trinajstić information content (AvgIpc) is 3.30. The van der Waals surface area contributed by atoms with Gasteiger partial charge in [0, 0.05) is 36.2 Å². The summed E-state index contributed by atoms with van der Waals surface area (Å²) in [5.41, 5.74) is 4.03. The molecule has 1 saturated carbocycles. The molecule has 0 aliphatic heterocycles. The number of carbonyl (C=O) groups excluding carboxylic acids is 2. The number of aromatic nitrogens is 1. The molecule has 0 bridgehead atoms. The maximum absolute atomic E-state index is 11.8. The Labute approximate surface area is 173 Å². The zero-order chi connectivity index (χ0) is 20.8. The van der Waals surface area contributed by atoms with Gasteiger partial charge in [-0.3, -0.25) is 14.6 Å². The molecule has 1 heterocycles. The standard InChI is InChI=1S/C21H25N5O2S/c1-4-11-22-21-26(25-16-7-5-6-8-16)20(13-29-21)18-10-9-17(23-14(2)27)12-19(18)24-15(3)28/h4,9-10,12-13H,1,5-8,11H2,2-3H3,(H,23,27)(H,24,28). The second-order valence-electron chi connectivity index (χ2n) is 6.84. The molecular weight excluding hydrogens is 386 g/mol. The first-order valence-corrected chi connectivity index (χ1v) is 10.4. The van der Waals surface area contributed by atoms with Crippen LogP contribution in [0.15, 0.2) is 46.3 Å². The minimum absolute atomic E-state index is 0.171. The van der Waals surface area contributed by atoms with Gasteiger partial charge in [0.05, 0.1) is 17.9 Å². The third kappa shape index (κ3) is 5.29. The van der Waals surface area contributed by atoms with Crippen molar-refractivity contribution in [2.45, 2.75) is 39.5 Å². The van der Waals surface area contributed by atoms with E-state index in [0.717, 1.165) is 47.5 Å². The van der Waals surface area contributed by atoms with E-state index in [1.807, 2.05) is 22.2 Å². The van der Waals surface area contributed by atoms with Gasteiger partial charge in [0.1, 0.15) is 0 Å². The third-order valence-electron chi connectivity index (χ3n) is 4.39. The maximum Gasteiger partial charge on any atom is 0.221 e. The Morgan fingerprint density at radius 1 is 1.21 bits per heavy atom. The van der Waals surface area contributed by atoms with Gasteiger partial charge in [-0.05, 0) is 43.9 Å². The Kier molecular flexibility index (Phi) is 6.77. The highest BCUT2D eigenvalue weighted by molar-refractivity contribution is 7.07. The van der Waals surface area contributed by atoms with E-state index in [1.54, 1.807) is 12.1 Å². The minimum Gasteiger partial charge on any atom is -0.326 e. The molecule has 1 aliphatic carbocycles. The van der Waals surface area contributed by atoms with E-state index in [-0.39, 0.29) is 11.8 Å². The Morgan fingerprint density at radius 2 is 1.93 bits per heavy atom. The van der Waals surface area contributed by atoms with E-state index < -0.39 is 0 Å². The predicted octanol–water partition coefficient (Wildman–Crippen LogP) is 4.00. The summed E-state index contributed by atoms with van der Waals surface area (Å²) in [7, 11) is 0. The van der Waals surface area contributed by atoms with Gasteiger partial charge in [-0.1, -0.05) is 6.08 Å². The van der Waals surface area contributed by atoms with Crippen molar-refractivity contribution in [3.8, 4) is 11.3 Å². The molecule has 7 nitrogen and oxygen atoms in total. The Morgan fingerprint density at radius 3 is 2.59 bits per heavy atom. The van der Waals surface area contributed by atoms with Gasteiger partial charge < -0.3 is 10.6 Å². The number of anilines is 2. The lowest BCUT2D eigenvalue weighted by Crippen LogP contribution is -2.15. The molecule has 152 valence electrons. The van der Waals surface area contributed by atoms with E-state index in [9.17, 15) is 9.59 Å². The normalized spacial score (nSPS) is 14.0. The van der Waals surface area contributed by atoms with Crippen LogP contribution in [0.25, 0.3) is 11.3 Å². The molecule has 2 N–H and O–H groups in total. The average molecular weight is 412 g/mol. The highest BCUT2D eigenvalue weighted by Gasteiger charge is 2.16. The number of amides is 2. The van der Waals surface area contributed by atoms with Gasteiger partial charge in [-0.2, -0.15) is 5.10 Å². The van der Waals surface area contributed by atoms with Crippen LogP contribution in [-0.2, 0) is 9.59 Å². The van der Waals surface area contributed by atoms with Gasteiger partial charge in [0.15, 0.2) is 0 Å². The summed E-state index contributed by atoms with van der Waals surface area (Å²) >= 11 is 1.50. The van der Waals surface area contributed by atoms with Crippen LogP contribution >= 0.6 is 11.3 Å². The molecule has 29 heavy (non-hydrogen) atoms. The van der Waals surface area contributed by atoms with Crippen LogP contribution in [0.1, 0.15) is 39.5 Å². The molecule has 0 spiro atoms. The summed E-state index contributed by atoms with van der Waals surface area (Å²) in [6.07, 6.45) is 6.03. The summed E-state index contributed by atoms with van der Waals surface area (Å²) in [4.78, 5) is 28.5. The molecule has 0 unspecified atom stereocenters. The molecule has 0 atom stereocenters. The van der Waals surface area contributed by atoms with Crippen LogP contribution in [0.2, 0.25) is 0 Å². The van der Waals surface area contributed by atoms with E-state index in [0.29, 0.717) is 17.9 Å². The van der Waals surface area contributed by atoms with Crippen molar-refractivity contribution in [1.82, 2.24) is 4.68 Å². The SMILES string of the molecule is C=CCN=c1scc(-c2ccc(NC(C)=O)cc2NC(C)=O)n1N=C1CCCC1. The third-order valence-corrected chi connectivity index (χ3v) is 5.24. The monoisotopic (exact) mass is 411 g/mol. The fourth-order valence-electron chi connectivity index (χ4n) is 3.20. The molecule has 2 aromatic rings. The van der Waals surface area contributed by atoms with E-state index in [1.165, 1.54) is 25.2 Å². The molecule has 3 rings (SSSR count). The van der Waals surface area contributed by atoms with Crippen molar-refractivity contribution in [3.63, 3.8) is 0 Å². The highest BCUT2D eigenvalue weighted by atomic mass is 32.1. The molecule has 1 fully saturated rings. The molecule has 1 aromatic heterocycles. The molecule has 2 amide bonds. The number of rotatable bonds is 6. The molecule has 0 radical (unpaired) electrons. The van der Waals surface area contributed by atoms with Crippen LogP contribution in [0.3, 0.4) is 0 Å². The van der Waals surface area contributed by atoms with Crippen molar-refractivity contribution in [3.05, 3.63) is 41.0 Å². The van der Waals surface area contributed by atoms with Crippen LogP contribution in [0.5, 0.6) is 0 Å². The number of hydrogen-bond acceptors (Lipinski definition) is 5. The Hall–Kier alpha value is -3.00. The van der Waals surface area contributed by atoms with Crippen molar-refractivity contribution < 1.29 is 9.59 Å². The van der Waals surface area contributed by atoms with Crippen LogP contribution < -0.4 is 15.4 Å². The first kappa shape index (κ1) is 20.7. The van der Waals surface area contributed by atoms with Gasteiger partial charge in [-0.25, -0.2) is 4.68 Å². The van der Waals surface area contributed by atoms with Crippen LogP contribution in [0.4, 0.5) is 11.4 Å². The lowest BCUT2D eigenvalue weighted by atomic mass is 10.1. The second-order valence-corrected chi connectivity index (χ2v) is 7.68. The Bertz CT molecular complexity index is 1020. The zero-order valence-corrected chi connectivity index (χ0v) is 17.5. The van der Waals surface area contributed by atoms with Crippen molar-refractivity contribution in [1.29, 1.82) is 0 Å². The van der Waals surface area contributed by atoms with Gasteiger partial charge >= 0.3 is 0 Å². The summed E-state index contributed by atoms with van der Waals surface area (Å²) in [6.45, 7) is 7.15. The van der Waals surface area contributed by atoms with Crippen LogP contribution in [-0.4, -0.2) is 28.7 Å². The molecule has 8 heteroatoms. The summed E-state index contributed by atoms with van der Waals surface area (Å²) in [6, 6.07) is 5.44. The van der Waals surface area contributed by atoms with Gasteiger partial charge in [0.2, 0.25) is 16.6 Å². The number of hydrogen-bond donors (Lipinski definition) is 2. The topological polar surface area (TPSA) is 87.9 Å². The van der Waals surface area contributed by atoms with Gasteiger partial charge in [-0.15, -0.1) is 17.9 Å². The van der Waals surface area contributed by atoms with Crippen molar-refractivity contribution >= 4 is 40.2 Å². The summed E-state index contributed by atoms with van der Waals surface area (Å²) in [5, 5.41) is 12.5.